The number of hydrazone groups is 1. The number of benzene rings is 1. The minimum absolute atomic E-state index is 0. The van der Waals surface area contributed by atoms with Crippen molar-refractivity contribution in [1.29, 1.82) is 0 Å². The number of ether oxygens (including phenoxy) is 1. The van der Waals surface area contributed by atoms with Gasteiger partial charge in [-0.15, -0.1) is 12.4 Å². The summed E-state index contributed by atoms with van der Waals surface area (Å²) < 4.78 is 5.43. The van der Waals surface area contributed by atoms with Crippen LogP contribution in [0.5, 0.6) is 11.5 Å². The fourth-order valence-corrected chi connectivity index (χ4v) is 1.24. The van der Waals surface area contributed by atoms with Gasteiger partial charge in [-0.05, 0) is 39.3 Å². The van der Waals surface area contributed by atoms with E-state index in [2.05, 4.69) is 10.5 Å². The first kappa shape index (κ1) is 17.6. The number of nitrogens with one attached hydrogen (secondary N) is 1. The van der Waals surface area contributed by atoms with Crippen LogP contribution in [0, 0.1) is 0 Å². The molecule has 0 aliphatic carbocycles. The van der Waals surface area contributed by atoms with Crippen molar-refractivity contribution >= 4 is 18.6 Å². The van der Waals surface area contributed by atoms with E-state index in [9.17, 15) is 5.11 Å². The third kappa shape index (κ3) is 6.91. The smallest absolute Gasteiger partial charge is 0.128 e. The second-order valence-electron chi connectivity index (χ2n) is 5.19. The fraction of sp³-hybridized carbons (Fsp3) is 0.500. The van der Waals surface area contributed by atoms with Crippen molar-refractivity contribution in [1.82, 2.24) is 5.43 Å². The number of rotatable bonds is 5. The van der Waals surface area contributed by atoms with Crippen LogP contribution >= 0.6 is 12.4 Å². The van der Waals surface area contributed by atoms with Crippen molar-refractivity contribution < 1.29 is 9.84 Å². The van der Waals surface area contributed by atoms with Gasteiger partial charge < -0.3 is 15.3 Å². The van der Waals surface area contributed by atoms with Crippen LogP contribution in [0.1, 0.15) is 39.7 Å². The zero-order valence-corrected chi connectivity index (χ0v) is 12.8. The molecule has 1 aromatic rings. The molecule has 1 aromatic carbocycles. The van der Waals surface area contributed by atoms with Crippen LogP contribution in [0.2, 0.25) is 0 Å². The molecule has 5 heteroatoms. The zero-order valence-electron chi connectivity index (χ0n) is 11.9. The standard InChI is InChI=1S/C14H22N2O2.ClH/c1-5-8-18-12-7-6-11(13(17)9-12)10-15-16-14(2,3)4;/h6-7,9-10,16-17H,5,8H2,1-4H3;1H. The molecule has 0 fully saturated rings. The van der Waals surface area contributed by atoms with Crippen LogP contribution < -0.4 is 10.2 Å². The Labute approximate surface area is 121 Å². The van der Waals surface area contributed by atoms with E-state index in [4.69, 9.17) is 4.74 Å². The Kier molecular flexibility index (Phi) is 7.30. The summed E-state index contributed by atoms with van der Waals surface area (Å²) in [5.41, 5.74) is 3.55. The van der Waals surface area contributed by atoms with Gasteiger partial charge in [-0.3, -0.25) is 0 Å². The molecule has 0 unspecified atom stereocenters. The van der Waals surface area contributed by atoms with Crippen LogP contribution in [0.3, 0.4) is 0 Å². The highest BCUT2D eigenvalue weighted by atomic mass is 35.5. The van der Waals surface area contributed by atoms with Gasteiger partial charge in [0.05, 0.1) is 12.8 Å². The van der Waals surface area contributed by atoms with Crippen molar-refractivity contribution in [2.45, 2.75) is 39.7 Å². The average molecular weight is 287 g/mol. The maximum Gasteiger partial charge on any atom is 0.128 e. The monoisotopic (exact) mass is 286 g/mol. The summed E-state index contributed by atoms with van der Waals surface area (Å²) in [5.74, 6) is 0.846. The number of nitrogens with zero attached hydrogens (tertiary/aromatic N) is 1. The lowest BCUT2D eigenvalue weighted by atomic mass is 10.1. The molecule has 108 valence electrons. The molecule has 0 heterocycles. The van der Waals surface area contributed by atoms with Gasteiger partial charge in [-0.25, -0.2) is 0 Å². The molecule has 0 aliphatic rings. The molecule has 0 spiro atoms. The van der Waals surface area contributed by atoms with E-state index in [-0.39, 0.29) is 23.7 Å². The zero-order chi connectivity index (χ0) is 13.6. The fourth-order valence-electron chi connectivity index (χ4n) is 1.24. The van der Waals surface area contributed by atoms with Gasteiger partial charge in [-0.1, -0.05) is 6.92 Å². The average Bonchev–Trinajstić information content (AvgIpc) is 2.27. The maximum absolute atomic E-state index is 9.82. The van der Waals surface area contributed by atoms with Crippen LogP contribution in [0.25, 0.3) is 0 Å². The molecule has 0 atom stereocenters. The topological polar surface area (TPSA) is 53.8 Å². The van der Waals surface area contributed by atoms with E-state index in [1.807, 2.05) is 33.8 Å². The Morgan fingerprint density at radius 3 is 2.58 bits per heavy atom. The number of phenols is 1. The summed E-state index contributed by atoms with van der Waals surface area (Å²) in [6.07, 6.45) is 2.55. The number of hydrogen-bond acceptors (Lipinski definition) is 4. The molecule has 0 saturated heterocycles. The lowest BCUT2D eigenvalue weighted by Gasteiger charge is -2.17. The summed E-state index contributed by atoms with van der Waals surface area (Å²) >= 11 is 0. The van der Waals surface area contributed by atoms with E-state index in [0.29, 0.717) is 17.9 Å². The molecule has 0 amide bonds. The van der Waals surface area contributed by atoms with Crippen molar-refractivity contribution in [3.8, 4) is 11.5 Å². The van der Waals surface area contributed by atoms with Crippen LogP contribution in [0.4, 0.5) is 0 Å². The molecule has 2 N–H and O–H groups in total. The molecule has 0 bridgehead atoms. The summed E-state index contributed by atoms with van der Waals surface area (Å²) in [6, 6.07) is 5.22. The highest BCUT2D eigenvalue weighted by Crippen LogP contribution is 2.22. The second kappa shape index (κ2) is 7.89. The number of aromatic hydroxyl groups is 1. The summed E-state index contributed by atoms with van der Waals surface area (Å²) in [5, 5.41) is 13.9. The summed E-state index contributed by atoms with van der Waals surface area (Å²) in [6.45, 7) is 8.75. The normalized spacial score (nSPS) is 11.2. The summed E-state index contributed by atoms with van der Waals surface area (Å²) in [4.78, 5) is 0. The van der Waals surface area contributed by atoms with Gasteiger partial charge >= 0.3 is 0 Å². The molecule has 0 aromatic heterocycles. The van der Waals surface area contributed by atoms with E-state index in [1.54, 1.807) is 18.3 Å². The molecule has 0 radical (unpaired) electrons. The third-order valence-corrected chi connectivity index (χ3v) is 2.08. The van der Waals surface area contributed by atoms with Crippen molar-refractivity contribution in [2.24, 2.45) is 5.10 Å². The summed E-state index contributed by atoms with van der Waals surface area (Å²) in [7, 11) is 0. The Morgan fingerprint density at radius 1 is 1.37 bits per heavy atom. The lowest BCUT2D eigenvalue weighted by molar-refractivity contribution is 0.315. The van der Waals surface area contributed by atoms with Crippen molar-refractivity contribution in [3.63, 3.8) is 0 Å². The van der Waals surface area contributed by atoms with Gasteiger partial charge in [0.1, 0.15) is 11.5 Å². The highest BCUT2D eigenvalue weighted by molar-refractivity contribution is 5.85. The van der Waals surface area contributed by atoms with Gasteiger partial charge in [0.15, 0.2) is 0 Å². The minimum atomic E-state index is -0.0870. The lowest BCUT2D eigenvalue weighted by Crippen LogP contribution is -2.31. The first-order chi connectivity index (χ1) is 8.42. The molecular formula is C14H23ClN2O2. The number of halogens is 1. The Hall–Kier alpha value is -1.42. The number of phenolic OH excluding ortho intramolecular Hbond substituents is 1. The first-order valence-electron chi connectivity index (χ1n) is 6.18. The molecular weight excluding hydrogens is 264 g/mol. The van der Waals surface area contributed by atoms with E-state index < -0.39 is 0 Å². The minimum Gasteiger partial charge on any atom is -0.507 e. The quantitative estimate of drug-likeness (QED) is 0.645. The van der Waals surface area contributed by atoms with Crippen LogP contribution in [-0.4, -0.2) is 23.5 Å². The SMILES string of the molecule is CCCOc1ccc(C=NNC(C)(C)C)c(O)c1.Cl. The molecule has 4 nitrogen and oxygen atoms in total. The largest absolute Gasteiger partial charge is 0.507 e. The van der Waals surface area contributed by atoms with Crippen molar-refractivity contribution in [2.75, 3.05) is 6.61 Å². The van der Waals surface area contributed by atoms with E-state index in [0.717, 1.165) is 6.42 Å². The predicted molar refractivity (Wildman–Crippen MR) is 81.6 cm³/mol. The predicted octanol–water partition coefficient (Wildman–Crippen LogP) is 3.32. The molecule has 1 rings (SSSR count). The van der Waals surface area contributed by atoms with Crippen LogP contribution in [-0.2, 0) is 0 Å². The van der Waals surface area contributed by atoms with E-state index >= 15 is 0 Å². The maximum atomic E-state index is 9.82. The third-order valence-electron chi connectivity index (χ3n) is 2.08. The van der Waals surface area contributed by atoms with Gasteiger partial charge in [0, 0.05) is 17.2 Å². The Morgan fingerprint density at radius 2 is 2.05 bits per heavy atom. The van der Waals surface area contributed by atoms with Gasteiger partial charge in [0.25, 0.3) is 0 Å². The van der Waals surface area contributed by atoms with Crippen LogP contribution in [0.15, 0.2) is 23.3 Å². The molecule has 0 aliphatic heterocycles. The van der Waals surface area contributed by atoms with Gasteiger partial charge in [0.2, 0.25) is 0 Å². The second-order valence-corrected chi connectivity index (χ2v) is 5.19. The molecule has 19 heavy (non-hydrogen) atoms. The first-order valence-corrected chi connectivity index (χ1v) is 6.18. The number of hydrogen-bond donors (Lipinski definition) is 2. The van der Waals surface area contributed by atoms with Crippen molar-refractivity contribution in [3.05, 3.63) is 23.8 Å². The Bertz CT molecular complexity index is 414. The molecule has 0 saturated carbocycles. The Balaban J connectivity index is 0.00000324. The van der Waals surface area contributed by atoms with Gasteiger partial charge in [-0.2, -0.15) is 5.10 Å². The highest BCUT2D eigenvalue weighted by Gasteiger charge is 2.06. The van der Waals surface area contributed by atoms with E-state index in [1.165, 1.54) is 0 Å².